The van der Waals surface area contributed by atoms with Crippen LogP contribution in [0.25, 0.3) is 0 Å². The highest BCUT2D eigenvalue weighted by Crippen LogP contribution is 2.19. The van der Waals surface area contributed by atoms with E-state index in [0.29, 0.717) is 30.8 Å². The Hall–Kier alpha value is -1.62. The van der Waals surface area contributed by atoms with Crippen LogP contribution in [0.4, 0.5) is 0 Å². The molecule has 0 aliphatic rings. The van der Waals surface area contributed by atoms with Crippen LogP contribution in [0.2, 0.25) is 0 Å². The zero-order valence-electron chi connectivity index (χ0n) is 11.5. The van der Waals surface area contributed by atoms with Crippen LogP contribution in [0, 0.1) is 6.92 Å². The largest absolute Gasteiger partial charge is 0.361 e. The summed E-state index contributed by atoms with van der Waals surface area (Å²) in [5, 5.41) is 5.97. The number of rotatable bonds is 5. The molecule has 0 radical (unpaired) electrons. The van der Waals surface area contributed by atoms with Gasteiger partial charge in [0.05, 0.1) is 12.2 Å². The molecule has 0 aromatic carbocycles. The standard InChI is InChI=1S/C14H18N2O2S/c1-4-12-13(10(3)18-15-12)14(17)16(5-2)9-11-7-6-8-19-11/h6-8H,4-5,9H2,1-3H3. The summed E-state index contributed by atoms with van der Waals surface area (Å²) in [5.41, 5.74) is 1.37. The number of nitrogens with zero attached hydrogens (tertiary/aromatic N) is 2. The minimum absolute atomic E-state index is 0.00602. The zero-order valence-corrected chi connectivity index (χ0v) is 12.3. The molecule has 0 saturated heterocycles. The fourth-order valence-electron chi connectivity index (χ4n) is 2.01. The molecule has 4 nitrogen and oxygen atoms in total. The Balaban J connectivity index is 2.23. The lowest BCUT2D eigenvalue weighted by molar-refractivity contribution is 0.0751. The van der Waals surface area contributed by atoms with E-state index in [2.05, 4.69) is 5.16 Å². The van der Waals surface area contributed by atoms with Crippen molar-refractivity contribution in [1.82, 2.24) is 10.1 Å². The van der Waals surface area contributed by atoms with Crippen molar-refractivity contribution in [3.05, 3.63) is 39.4 Å². The van der Waals surface area contributed by atoms with Gasteiger partial charge in [-0.3, -0.25) is 4.79 Å². The van der Waals surface area contributed by atoms with Crippen LogP contribution in [0.15, 0.2) is 22.0 Å². The Morgan fingerprint density at radius 2 is 2.26 bits per heavy atom. The Bertz CT molecular complexity index is 546. The number of hydrogen-bond donors (Lipinski definition) is 0. The Kier molecular flexibility index (Phi) is 4.37. The second kappa shape index (κ2) is 6.02. The molecule has 0 spiro atoms. The van der Waals surface area contributed by atoms with E-state index in [4.69, 9.17) is 4.52 Å². The molecular formula is C14H18N2O2S. The summed E-state index contributed by atoms with van der Waals surface area (Å²) in [4.78, 5) is 15.6. The molecule has 0 atom stereocenters. The average molecular weight is 278 g/mol. The predicted molar refractivity (Wildman–Crippen MR) is 75.4 cm³/mol. The molecule has 5 heteroatoms. The molecule has 0 bridgehead atoms. The fraction of sp³-hybridized carbons (Fsp3) is 0.429. The summed E-state index contributed by atoms with van der Waals surface area (Å²) in [5.74, 6) is 0.609. The van der Waals surface area contributed by atoms with Crippen LogP contribution in [0.1, 0.15) is 40.5 Å². The molecule has 0 N–H and O–H groups in total. The third kappa shape index (κ3) is 2.87. The second-order valence-corrected chi connectivity index (χ2v) is 5.34. The van der Waals surface area contributed by atoms with E-state index in [1.165, 1.54) is 4.88 Å². The molecule has 0 aliphatic heterocycles. The van der Waals surface area contributed by atoms with Crippen LogP contribution < -0.4 is 0 Å². The normalized spacial score (nSPS) is 10.7. The van der Waals surface area contributed by atoms with Crippen molar-refractivity contribution in [2.24, 2.45) is 0 Å². The van der Waals surface area contributed by atoms with E-state index in [1.807, 2.05) is 36.3 Å². The summed E-state index contributed by atoms with van der Waals surface area (Å²) >= 11 is 1.66. The molecule has 0 saturated carbocycles. The maximum absolute atomic E-state index is 12.6. The molecule has 19 heavy (non-hydrogen) atoms. The number of hydrogen-bond acceptors (Lipinski definition) is 4. The van der Waals surface area contributed by atoms with Gasteiger partial charge in [0, 0.05) is 11.4 Å². The van der Waals surface area contributed by atoms with Gasteiger partial charge < -0.3 is 9.42 Å². The highest BCUT2D eigenvalue weighted by atomic mass is 32.1. The Morgan fingerprint density at radius 1 is 1.47 bits per heavy atom. The maximum Gasteiger partial charge on any atom is 0.259 e. The fourth-order valence-corrected chi connectivity index (χ4v) is 2.73. The van der Waals surface area contributed by atoms with E-state index < -0.39 is 0 Å². The van der Waals surface area contributed by atoms with E-state index in [0.717, 1.165) is 5.69 Å². The van der Waals surface area contributed by atoms with E-state index in [-0.39, 0.29) is 5.91 Å². The lowest BCUT2D eigenvalue weighted by Gasteiger charge is -2.20. The molecule has 2 aromatic rings. The van der Waals surface area contributed by atoms with Gasteiger partial charge in [-0.1, -0.05) is 18.1 Å². The molecular weight excluding hydrogens is 260 g/mol. The molecule has 102 valence electrons. The molecule has 0 aliphatic carbocycles. The quantitative estimate of drug-likeness (QED) is 0.843. The van der Waals surface area contributed by atoms with E-state index >= 15 is 0 Å². The number of carbonyl (C=O) groups excluding carboxylic acids is 1. The summed E-state index contributed by atoms with van der Waals surface area (Å²) in [7, 11) is 0. The van der Waals surface area contributed by atoms with Gasteiger partial charge in [-0.05, 0) is 31.7 Å². The molecule has 1 amide bonds. The molecule has 0 fully saturated rings. The van der Waals surface area contributed by atoms with Crippen molar-refractivity contribution < 1.29 is 9.32 Å². The number of thiophene rings is 1. The van der Waals surface area contributed by atoms with Gasteiger partial charge >= 0.3 is 0 Å². The van der Waals surface area contributed by atoms with Gasteiger partial charge in [-0.2, -0.15) is 0 Å². The van der Waals surface area contributed by atoms with E-state index in [9.17, 15) is 4.79 Å². The number of amides is 1. The summed E-state index contributed by atoms with van der Waals surface area (Å²) in [6.45, 7) is 7.06. The lowest BCUT2D eigenvalue weighted by Crippen LogP contribution is -2.30. The predicted octanol–water partition coefficient (Wildman–Crippen LogP) is 3.27. The first-order valence-corrected chi connectivity index (χ1v) is 7.32. The first-order chi connectivity index (χ1) is 9.17. The second-order valence-electron chi connectivity index (χ2n) is 4.31. The number of aryl methyl sites for hydroxylation is 2. The van der Waals surface area contributed by atoms with Crippen LogP contribution >= 0.6 is 11.3 Å². The Labute approximate surface area is 117 Å². The smallest absolute Gasteiger partial charge is 0.259 e. The van der Waals surface area contributed by atoms with Gasteiger partial charge in [0.25, 0.3) is 5.91 Å². The van der Waals surface area contributed by atoms with E-state index in [1.54, 1.807) is 18.3 Å². The van der Waals surface area contributed by atoms with Crippen LogP contribution in [-0.2, 0) is 13.0 Å². The van der Waals surface area contributed by atoms with Crippen molar-refractivity contribution in [1.29, 1.82) is 0 Å². The van der Waals surface area contributed by atoms with Gasteiger partial charge in [0.1, 0.15) is 11.3 Å². The SMILES string of the molecule is CCc1noc(C)c1C(=O)N(CC)Cc1cccs1. The number of aromatic nitrogens is 1. The van der Waals surface area contributed by atoms with Crippen molar-refractivity contribution in [3.8, 4) is 0 Å². The number of carbonyl (C=O) groups is 1. The first kappa shape index (κ1) is 13.8. The van der Waals surface area contributed by atoms with Crippen LogP contribution in [-0.4, -0.2) is 22.5 Å². The minimum atomic E-state index is 0.00602. The topological polar surface area (TPSA) is 46.3 Å². The van der Waals surface area contributed by atoms with Gasteiger partial charge in [-0.15, -0.1) is 11.3 Å². The van der Waals surface area contributed by atoms with Crippen molar-refractivity contribution in [2.75, 3.05) is 6.54 Å². The molecule has 2 aromatic heterocycles. The van der Waals surface area contributed by atoms with Gasteiger partial charge in [-0.25, -0.2) is 0 Å². The highest BCUT2D eigenvalue weighted by molar-refractivity contribution is 7.09. The summed E-state index contributed by atoms with van der Waals surface area (Å²) < 4.78 is 5.14. The van der Waals surface area contributed by atoms with Crippen molar-refractivity contribution >= 4 is 17.2 Å². The average Bonchev–Trinajstić information content (AvgIpc) is 3.04. The first-order valence-electron chi connectivity index (χ1n) is 6.44. The third-order valence-electron chi connectivity index (χ3n) is 3.08. The summed E-state index contributed by atoms with van der Waals surface area (Å²) in [6.07, 6.45) is 0.703. The molecule has 2 rings (SSSR count). The summed E-state index contributed by atoms with van der Waals surface area (Å²) in [6, 6.07) is 4.04. The van der Waals surface area contributed by atoms with Crippen molar-refractivity contribution in [2.45, 2.75) is 33.7 Å². The monoisotopic (exact) mass is 278 g/mol. The molecule has 2 heterocycles. The third-order valence-corrected chi connectivity index (χ3v) is 3.94. The van der Waals surface area contributed by atoms with Gasteiger partial charge in [0.2, 0.25) is 0 Å². The lowest BCUT2D eigenvalue weighted by atomic mass is 10.1. The van der Waals surface area contributed by atoms with Crippen LogP contribution in [0.5, 0.6) is 0 Å². The van der Waals surface area contributed by atoms with Gasteiger partial charge in [0.15, 0.2) is 0 Å². The highest BCUT2D eigenvalue weighted by Gasteiger charge is 2.23. The minimum Gasteiger partial charge on any atom is -0.361 e. The Morgan fingerprint density at radius 3 is 2.84 bits per heavy atom. The zero-order chi connectivity index (χ0) is 13.8. The maximum atomic E-state index is 12.6. The molecule has 0 unspecified atom stereocenters. The van der Waals surface area contributed by atoms with Crippen LogP contribution in [0.3, 0.4) is 0 Å². The van der Waals surface area contributed by atoms with Crippen molar-refractivity contribution in [3.63, 3.8) is 0 Å².